The number of ether oxygens (including phenoxy) is 2. The van der Waals surface area contributed by atoms with Gasteiger partial charge in [0.25, 0.3) is 0 Å². The average Bonchev–Trinajstić information content (AvgIpc) is 2.72. The van der Waals surface area contributed by atoms with Crippen LogP contribution in [0.1, 0.15) is 26.7 Å². The van der Waals surface area contributed by atoms with Crippen LogP contribution in [0.4, 0.5) is 0 Å². The highest BCUT2D eigenvalue weighted by atomic mass is 16.5. The Morgan fingerprint density at radius 3 is 2.88 bits per heavy atom. The predicted octanol–water partition coefficient (Wildman–Crippen LogP) is 0.0323. The second kappa shape index (κ2) is 5.33. The first-order chi connectivity index (χ1) is 8.13. The van der Waals surface area contributed by atoms with Crippen molar-refractivity contribution in [2.45, 2.75) is 51.0 Å². The van der Waals surface area contributed by atoms with Crippen molar-refractivity contribution in [3.63, 3.8) is 0 Å². The van der Waals surface area contributed by atoms with Crippen molar-refractivity contribution in [3.05, 3.63) is 0 Å². The Balaban J connectivity index is 1.85. The van der Waals surface area contributed by atoms with E-state index in [0.717, 1.165) is 12.8 Å². The van der Waals surface area contributed by atoms with Gasteiger partial charge in [0.1, 0.15) is 0 Å². The monoisotopic (exact) mass is 242 g/mol. The molecule has 5 unspecified atom stereocenters. The summed E-state index contributed by atoms with van der Waals surface area (Å²) in [6, 6.07) is -0.0108. The fraction of sp³-hybridized carbons (Fsp3) is 0.917. The SMILES string of the molecule is CCOC1CC(N)C1NC(=O)C1CCOC1C. The van der Waals surface area contributed by atoms with Gasteiger partial charge in [-0.2, -0.15) is 0 Å². The van der Waals surface area contributed by atoms with Crippen molar-refractivity contribution in [1.82, 2.24) is 5.32 Å². The van der Waals surface area contributed by atoms with E-state index in [1.54, 1.807) is 0 Å². The zero-order valence-electron chi connectivity index (χ0n) is 10.5. The van der Waals surface area contributed by atoms with Crippen LogP contribution in [0.15, 0.2) is 0 Å². The molecule has 5 nitrogen and oxygen atoms in total. The Kier molecular flexibility index (Phi) is 4.01. The number of hydrogen-bond donors (Lipinski definition) is 2. The number of amides is 1. The lowest BCUT2D eigenvalue weighted by Gasteiger charge is -2.42. The summed E-state index contributed by atoms with van der Waals surface area (Å²) < 4.78 is 10.9. The summed E-state index contributed by atoms with van der Waals surface area (Å²) in [6.45, 7) is 5.23. The van der Waals surface area contributed by atoms with Crippen LogP contribution in [0.3, 0.4) is 0 Å². The van der Waals surface area contributed by atoms with Crippen molar-refractivity contribution in [2.24, 2.45) is 11.7 Å². The van der Waals surface area contributed by atoms with Gasteiger partial charge in [0, 0.05) is 19.3 Å². The summed E-state index contributed by atoms with van der Waals surface area (Å²) >= 11 is 0. The molecule has 1 aliphatic heterocycles. The second-order valence-electron chi connectivity index (χ2n) is 4.90. The van der Waals surface area contributed by atoms with Crippen LogP contribution in [0.25, 0.3) is 0 Å². The van der Waals surface area contributed by atoms with Gasteiger partial charge in [-0.3, -0.25) is 4.79 Å². The van der Waals surface area contributed by atoms with Gasteiger partial charge < -0.3 is 20.5 Å². The average molecular weight is 242 g/mol. The smallest absolute Gasteiger partial charge is 0.226 e. The van der Waals surface area contributed by atoms with Crippen LogP contribution < -0.4 is 11.1 Å². The Morgan fingerprint density at radius 2 is 2.35 bits per heavy atom. The summed E-state index contributed by atoms with van der Waals surface area (Å²) in [5, 5.41) is 3.00. The maximum Gasteiger partial charge on any atom is 0.226 e. The van der Waals surface area contributed by atoms with Crippen LogP contribution in [0.5, 0.6) is 0 Å². The van der Waals surface area contributed by atoms with Gasteiger partial charge in [0.05, 0.1) is 24.2 Å². The first kappa shape index (κ1) is 12.8. The minimum Gasteiger partial charge on any atom is -0.378 e. The maximum absolute atomic E-state index is 12.1. The molecule has 2 fully saturated rings. The van der Waals surface area contributed by atoms with Gasteiger partial charge in [0.2, 0.25) is 5.91 Å². The molecule has 5 heteroatoms. The molecule has 2 rings (SSSR count). The van der Waals surface area contributed by atoms with E-state index in [4.69, 9.17) is 15.2 Å². The van der Waals surface area contributed by atoms with Crippen LogP contribution in [0.2, 0.25) is 0 Å². The molecule has 0 aromatic carbocycles. The van der Waals surface area contributed by atoms with Crippen molar-refractivity contribution >= 4 is 5.91 Å². The van der Waals surface area contributed by atoms with Gasteiger partial charge in [-0.05, 0) is 26.7 Å². The molecular formula is C12H22N2O3. The third-order valence-corrected chi connectivity index (χ3v) is 3.77. The largest absolute Gasteiger partial charge is 0.378 e. The lowest BCUT2D eigenvalue weighted by atomic mass is 9.83. The molecule has 0 aromatic rings. The minimum absolute atomic E-state index is 0.0110. The van der Waals surface area contributed by atoms with Crippen molar-refractivity contribution in [3.8, 4) is 0 Å². The zero-order chi connectivity index (χ0) is 12.4. The van der Waals surface area contributed by atoms with Crippen LogP contribution in [0, 0.1) is 5.92 Å². The molecule has 0 aromatic heterocycles. The first-order valence-corrected chi connectivity index (χ1v) is 6.42. The lowest BCUT2D eigenvalue weighted by molar-refractivity contribution is -0.131. The molecule has 98 valence electrons. The summed E-state index contributed by atoms with van der Waals surface area (Å²) in [4.78, 5) is 12.1. The molecule has 3 N–H and O–H groups in total. The van der Waals surface area contributed by atoms with Crippen molar-refractivity contribution in [1.29, 1.82) is 0 Å². The van der Waals surface area contributed by atoms with Gasteiger partial charge in [-0.1, -0.05) is 0 Å². The third kappa shape index (κ3) is 2.61. The Labute approximate surface area is 102 Å². The summed E-state index contributed by atoms with van der Waals surface area (Å²) in [5.74, 6) is 0.0185. The van der Waals surface area contributed by atoms with Gasteiger partial charge in [-0.15, -0.1) is 0 Å². The maximum atomic E-state index is 12.1. The highest BCUT2D eigenvalue weighted by molar-refractivity contribution is 5.80. The van der Waals surface area contributed by atoms with E-state index in [1.807, 2.05) is 13.8 Å². The fourth-order valence-electron chi connectivity index (χ4n) is 2.57. The number of nitrogens with two attached hydrogens (primary N) is 1. The molecule has 0 spiro atoms. The quantitative estimate of drug-likeness (QED) is 0.729. The van der Waals surface area contributed by atoms with Gasteiger partial charge in [-0.25, -0.2) is 0 Å². The van der Waals surface area contributed by atoms with E-state index in [-0.39, 0.29) is 36.1 Å². The highest BCUT2D eigenvalue weighted by Gasteiger charge is 2.42. The zero-order valence-corrected chi connectivity index (χ0v) is 10.5. The number of hydrogen-bond acceptors (Lipinski definition) is 4. The molecule has 1 saturated heterocycles. The van der Waals surface area contributed by atoms with E-state index in [0.29, 0.717) is 13.2 Å². The molecular weight excluding hydrogens is 220 g/mol. The van der Waals surface area contributed by atoms with Gasteiger partial charge >= 0.3 is 0 Å². The van der Waals surface area contributed by atoms with E-state index in [9.17, 15) is 4.79 Å². The Bertz CT molecular complexity index is 283. The molecule has 1 amide bonds. The normalized spacial score (nSPS) is 41.0. The number of carbonyl (C=O) groups is 1. The molecule has 0 radical (unpaired) electrons. The van der Waals surface area contributed by atoms with E-state index >= 15 is 0 Å². The molecule has 5 atom stereocenters. The highest BCUT2D eigenvalue weighted by Crippen LogP contribution is 2.25. The van der Waals surface area contributed by atoms with Crippen molar-refractivity contribution < 1.29 is 14.3 Å². The number of carbonyl (C=O) groups excluding carboxylic acids is 1. The number of rotatable bonds is 4. The molecule has 1 aliphatic carbocycles. The second-order valence-corrected chi connectivity index (χ2v) is 4.90. The van der Waals surface area contributed by atoms with Gasteiger partial charge in [0.15, 0.2) is 0 Å². The van der Waals surface area contributed by atoms with Crippen LogP contribution >= 0.6 is 0 Å². The summed E-state index contributed by atoms with van der Waals surface area (Å²) in [5.41, 5.74) is 5.90. The van der Waals surface area contributed by atoms with E-state index < -0.39 is 0 Å². The summed E-state index contributed by atoms with van der Waals surface area (Å²) in [6.07, 6.45) is 1.72. The Morgan fingerprint density at radius 1 is 1.59 bits per heavy atom. The van der Waals surface area contributed by atoms with E-state index in [2.05, 4.69) is 5.32 Å². The molecule has 2 aliphatic rings. The van der Waals surface area contributed by atoms with E-state index in [1.165, 1.54) is 0 Å². The Hall–Kier alpha value is -0.650. The molecule has 1 heterocycles. The molecule has 17 heavy (non-hydrogen) atoms. The fourth-order valence-corrected chi connectivity index (χ4v) is 2.57. The summed E-state index contributed by atoms with van der Waals surface area (Å²) in [7, 11) is 0. The lowest BCUT2D eigenvalue weighted by Crippen LogP contribution is -2.65. The van der Waals surface area contributed by atoms with Crippen LogP contribution in [-0.2, 0) is 14.3 Å². The van der Waals surface area contributed by atoms with Crippen molar-refractivity contribution in [2.75, 3.05) is 13.2 Å². The number of nitrogens with one attached hydrogen (secondary N) is 1. The molecule has 0 bridgehead atoms. The predicted molar refractivity (Wildman–Crippen MR) is 63.5 cm³/mol. The third-order valence-electron chi connectivity index (χ3n) is 3.77. The first-order valence-electron chi connectivity index (χ1n) is 6.42. The van der Waals surface area contributed by atoms with Crippen LogP contribution in [-0.4, -0.2) is 43.4 Å². The topological polar surface area (TPSA) is 73.6 Å². The molecule has 1 saturated carbocycles. The standard InChI is InChI=1S/C12H22N2O3/c1-3-16-10-6-9(13)11(10)14-12(15)8-4-5-17-7(8)2/h7-11H,3-6,13H2,1-2H3,(H,14,15). The minimum atomic E-state index is -0.0370.